The van der Waals surface area contributed by atoms with Gasteiger partial charge in [0.05, 0.1) is 17.4 Å². The first-order valence-electron chi connectivity index (χ1n) is 8.43. The first kappa shape index (κ1) is 16.1. The lowest BCUT2D eigenvalue weighted by molar-refractivity contribution is -0.118. The number of nitrogens with one attached hydrogen (secondary N) is 1. The van der Waals surface area contributed by atoms with Crippen LogP contribution in [0.5, 0.6) is 0 Å². The van der Waals surface area contributed by atoms with E-state index in [-0.39, 0.29) is 11.9 Å². The number of anilines is 1. The van der Waals surface area contributed by atoms with Crippen LogP contribution in [0.4, 0.5) is 5.69 Å². The molecular weight excluding hydrogens is 326 g/mol. The second-order valence-corrected chi connectivity index (χ2v) is 6.24. The van der Waals surface area contributed by atoms with E-state index in [9.17, 15) is 4.79 Å². The van der Waals surface area contributed by atoms with E-state index < -0.39 is 0 Å². The minimum Gasteiger partial charge on any atom is -0.327 e. The smallest absolute Gasteiger partial charge is 0.247 e. The van der Waals surface area contributed by atoms with Crippen molar-refractivity contribution in [3.63, 3.8) is 0 Å². The fraction of sp³-hybridized carbons (Fsp3) is 0.150. The van der Waals surface area contributed by atoms with E-state index in [0.717, 1.165) is 28.1 Å². The molecule has 2 aromatic heterocycles. The summed E-state index contributed by atoms with van der Waals surface area (Å²) in [4.78, 5) is 21.0. The van der Waals surface area contributed by atoms with E-state index in [2.05, 4.69) is 20.9 Å². The summed E-state index contributed by atoms with van der Waals surface area (Å²) in [5.74, 6) is 0.814. The number of para-hydroxylation sites is 2. The molecule has 6 heteroatoms. The first-order chi connectivity index (χ1) is 12.6. The number of carbonyl (C=O) groups is 1. The number of imidazole rings is 2. The molecule has 0 aliphatic carbocycles. The average molecular weight is 345 g/mol. The van der Waals surface area contributed by atoms with Gasteiger partial charge in [0.15, 0.2) is 0 Å². The third kappa shape index (κ3) is 2.86. The molecule has 1 unspecified atom stereocenters. The summed E-state index contributed by atoms with van der Waals surface area (Å²) in [6.45, 7) is 1.84. The highest BCUT2D eigenvalue weighted by Crippen LogP contribution is 2.25. The molecule has 0 saturated heterocycles. The number of amides is 1. The van der Waals surface area contributed by atoms with Crippen LogP contribution in [0.25, 0.3) is 22.4 Å². The van der Waals surface area contributed by atoms with E-state index >= 15 is 0 Å². The SMILES string of the molecule is CC(C(=O)Nc1ccc(-c2nc3ccccc3n2C)cc1)n1ccnc1. The van der Waals surface area contributed by atoms with Crippen molar-refractivity contribution < 1.29 is 4.79 Å². The van der Waals surface area contributed by atoms with E-state index in [1.54, 1.807) is 23.3 Å². The summed E-state index contributed by atoms with van der Waals surface area (Å²) >= 11 is 0. The van der Waals surface area contributed by atoms with Gasteiger partial charge >= 0.3 is 0 Å². The topological polar surface area (TPSA) is 64.7 Å². The van der Waals surface area contributed by atoms with Crippen LogP contribution in [-0.4, -0.2) is 25.0 Å². The highest BCUT2D eigenvalue weighted by Gasteiger charge is 2.15. The number of rotatable bonds is 4. The van der Waals surface area contributed by atoms with Crippen LogP contribution in [0.1, 0.15) is 13.0 Å². The molecule has 130 valence electrons. The standard InChI is InChI=1S/C20H19N5O/c1-14(25-12-11-21-13-25)20(26)22-16-9-7-15(8-10-16)19-23-17-5-3-4-6-18(17)24(19)2/h3-14H,1-2H3,(H,22,26). The predicted molar refractivity (Wildman–Crippen MR) is 102 cm³/mol. The molecular formula is C20H19N5O. The summed E-state index contributed by atoms with van der Waals surface area (Å²) in [7, 11) is 2.01. The number of nitrogens with zero attached hydrogens (tertiary/aromatic N) is 4. The maximum absolute atomic E-state index is 12.4. The third-order valence-electron chi connectivity index (χ3n) is 4.55. The molecule has 1 N–H and O–H groups in total. The van der Waals surface area contributed by atoms with Gasteiger partial charge in [-0.15, -0.1) is 0 Å². The molecule has 1 amide bonds. The average Bonchev–Trinajstić information content (AvgIpc) is 3.31. The van der Waals surface area contributed by atoms with Gasteiger partial charge in [-0.2, -0.15) is 0 Å². The van der Waals surface area contributed by atoms with Gasteiger partial charge in [-0.1, -0.05) is 12.1 Å². The molecule has 0 saturated carbocycles. The Bertz CT molecular complexity index is 1050. The largest absolute Gasteiger partial charge is 0.327 e. The van der Waals surface area contributed by atoms with E-state index in [4.69, 9.17) is 4.98 Å². The second-order valence-electron chi connectivity index (χ2n) is 6.24. The number of carbonyl (C=O) groups excluding carboxylic acids is 1. The number of hydrogen-bond donors (Lipinski definition) is 1. The Hall–Kier alpha value is -3.41. The lowest BCUT2D eigenvalue weighted by Gasteiger charge is -2.13. The molecule has 2 heterocycles. The third-order valence-corrected chi connectivity index (χ3v) is 4.55. The molecule has 4 rings (SSSR count). The Morgan fingerprint density at radius 3 is 2.58 bits per heavy atom. The minimum absolute atomic E-state index is 0.0847. The quantitative estimate of drug-likeness (QED) is 0.614. The molecule has 2 aromatic carbocycles. The van der Waals surface area contributed by atoms with Crippen LogP contribution in [0.15, 0.2) is 67.3 Å². The van der Waals surface area contributed by atoms with Crippen LogP contribution in [-0.2, 0) is 11.8 Å². The monoisotopic (exact) mass is 345 g/mol. The maximum atomic E-state index is 12.4. The predicted octanol–water partition coefficient (Wildman–Crippen LogP) is 3.64. The maximum Gasteiger partial charge on any atom is 0.247 e. The van der Waals surface area contributed by atoms with Crippen LogP contribution >= 0.6 is 0 Å². The van der Waals surface area contributed by atoms with Gasteiger partial charge in [-0.05, 0) is 43.3 Å². The van der Waals surface area contributed by atoms with Gasteiger partial charge in [-0.3, -0.25) is 4.79 Å². The molecule has 26 heavy (non-hydrogen) atoms. The van der Waals surface area contributed by atoms with Crippen molar-refractivity contribution in [2.75, 3.05) is 5.32 Å². The van der Waals surface area contributed by atoms with Crippen molar-refractivity contribution in [3.05, 3.63) is 67.3 Å². The summed E-state index contributed by atoms with van der Waals surface area (Å²) in [5, 5.41) is 2.94. The zero-order chi connectivity index (χ0) is 18.1. The highest BCUT2D eigenvalue weighted by molar-refractivity contribution is 5.93. The molecule has 0 spiro atoms. The van der Waals surface area contributed by atoms with Crippen molar-refractivity contribution in [1.29, 1.82) is 0 Å². The van der Waals surface area contributed by atoms with Gasteiger partial charge in [-0.25, -0.2) is 9.97 Å². The highest BCUT2D eigenvalue weighted by atomic mass is 16.2. The second kappa shape index (κ2) is 6.48. The van der Waals surface area contributed by atoms with Gasteiger partial charge in [0.1, 0.15) is 11.9 Å². The van der Waals surface area contributed by atoms with Crippen LogP contribution in [0.2, 0.25) is 0 Å². The molecule has 0 fully saturated rings. The van der Waals surface area contributed by atoms with Crippen LogP contribution in [0, 0.1) is 0 Å². The number of aromatic nitrogens is 4. The molecule has 0 aliphatic heterocycles. The van der Waals surface area contributed by atoms with Gasteiger partial charge in [0.2, 0.25) is 5.91 Å². The summed E-state index contributed by atoms with van der Waals surface area (Å²) in [6.07, 6.45) is 5.08. The van der Waals surface area contributed by atoms with Crippen molar-refractivity contribution in [1.82, 2.24) is 19.1 Å². The Labute approximate surface area is 151 Å². The van der Waals surface area contributed by atoms with Crippen LogP contribution in [0.3, 0.4) is 0 Å². The van der Waals surface area contributed by atoms with Crippen molar-refractivity contribution >= 4 is 22.6 Å². The number of hydrogen-bond acceptors (Lipinski definition) is 3. The molecule has 6 nitrogen and oxygen atoms in total. The van der Waals surface area contributed by atoms with Crippen molar-refractivity contribution in [2.45, 2.75) is 13.0 Å². The van der Waals surface area contributed by atoms with Crippen molar-refractivity contribution in [3.8, 4) is 11.4 Å². The fourth-order valence-electron chi connectivity index (χ4n) is 2.99. The summed E-state index contributed by atoms with van der Waals surface area (Å²) < 4.78 is 3.84. The van der Waals surface area contributed by atoms with E-state index in [1.807, 2.05) is 56.4 Å². The molecule has 4 aromatic rings. The van der Waals surface area contributed by atoms with Crippen molar-refractivity contribution in [2.24, 2.45) is 7.05 Å². The molecule has 0 bridgehead atoms. The fourth-order valence-corrected chi connectivity index (χ4v) is 2.99. The van der Waals surface area contributed by atoms with E-state index in [0.29, 0.717) is 0 Å². The van der Waals surface area contributed by atoms with Gasteiger partial charge < -0.3 is 14.5 Å². The zero-order valence-corrected chi connectivity index (χ0v) is 14.6. The molecule has 0 aliphatic rings. The summed E-state index contributed by atoms with van der Waals surface area (Å²) in [5.41, 5.74) is 3.82. The number of fused-ring (bicyclic) bond motifs is 1. The Balaban J connectivity index is 1.55. The van der Waals surface area contributed by atoms with E-state index in [1.165, 1.54) is 0 Å². The Morgan fingerprint density at radius 2 is 1.88 bits per heavy atom. The molecule has 0 radical (unpaired) electrons. The zero-order valence-electron chi connectivity index (χ0n) is 14.6. The number of benzene rings is 2. The Morgan fingerprint density at radius 1 is 1.12 bits per heavy atom. The number of aryl methyl sites for hydroxylation is 1. The minimum atomic E-state index is -0.322. The van der Waals surface area contributed by atoms with Crippen LogP contribution < -0.4 is 5.32 Å². The lowest BCUT2D eigenvalue weighted by Crippen LogP contribution is -2.22. The summed E-state index contributed by atoms with van der Waals surface area (Å²) in [6, 6.07) is 15.5. The van der Waals surface area contributed by atoms with Gasteiger partial charge in [0, 0.05) is 30.7 Å². The Kier molecular flexibility index (Phi) is 4.01. The molecule has 1 atom stereocenters. The van der Waals surface area contributed by atoms with Gasteiger partial charge in [0.25, 0.3) is 0 Å². The first-order valence-corrected chi connectivity index (χ1v) is 8.43. The normalized spacial score (nSPS) is 12.2. The lowest BCUT2D eigenvalue weighted by atomic mass is 10.2.